The van der Waals surface area contributed by atoms with Crippen molar-refractivity contribution in [2.45, 2.75) is 19.0 Å². The number of carbonyl (C=O) groups is 1. The third kappa shape index (κ3) is 4.04. The Labute approximate surface area is 156 Å². The van der Waals surface area contributed by atoms with Gasteiger partial charge in [-0.05, 0) is 54.9 Å². The predicted octanol–water partition coefficient (Wildman–Crippen LogP) is 4.65. The van der Waals surface area contributed by atoms with Gasteiger partial charge in [0.25, 0.3) is 5.91 Å². The van der Waals surface area contributed by atoms with Crippen molar-refractivity contribution in [2.75, 3.05) is 13.1 Å². The summed E-state index contributed by atoms with van der Waals surface area (Å²) >= 11 is 18.0. The predicted molar refractivity (Wildman–Crippen MR) is 99.1 cm³/mol. The molecular formula is C18H17Cl3N2O. The second-order valence-electron chi connectivity index (χ2n) is 5.84. The number of hydrogen-bond donors (Lipinski definition) is 1. The van der Waals surface area contributed by atoms with Crippen LogP contribution in [0.15, 0.2) is 42.5 Å². The Morgan fingerprint density at radius 2 is 1.83 bits per heavy atom. The van der Waals surface area contributed by atoms with Crippen LogP contribution in [-0.2, 0) is 6.54 Å². The van der Waals surface area contributed by atoms with Crippen LogP contribution >= 0.6 is 34.8 Å². The summed E-state index contributed by atoms with van der Waals surface area (Å²) in [6, 6.07) is 12.6. The molecule has 2 aromatic rings. The monoisotopic (exact) mass is 382 g/mol. The topological polar surface area (TPSA) is 32.3 Å². The Kier molecular flexibility index (Phi) is 5.67. The summed E-state index contributed by atoms with van der Waals surface area (Å²) in [7, 11) is 0. The first-order chi connectivity index (χ1) is 11.5. The molecule has 1 aliphatic rings. The van der Waals surface area contributed by atoms with Crippen LogP contribution in [0, 0.1) is 0 Å². The number of carbonyl (C=O) groups excluding carboxylic acids is 1. The van der Waals surface area contributed by atoms with Gasteiger partial charge in [0.05, 0.1) is 10.0 Å². The fourth-order valence-corrected chi connectivity index (χ4v) is 3.31. The van der Waals surface area contributed by atoms with E-state index in [1.807, 2.05) is 17.0 Å². The summed E-state index contributed by atoms with van der Waals surface area (Å²) in [5.41, 5.74) is 1.59. The number of hydrogen-bond acceptors (Lipinski definition) is 2. The highest BCUT2D eigenvalue weighted by molar-refractivity contribution is 6.42. The number of amides is 1. The lowest BCUT2D eigenvalue weighted by Gasteiger charge is -2.29. The first kappa shape index (κ1) is 17.6. The summed E-state index contributed by atoms with van der Waals surface area (Å²) in [6.07, 6.45) is 0.931. The fourth-order valence-electron chi connectivity index (χ4n) is 2.87. The van der Waals surface area contributed by atoms with E-state index in [0.29, 0.717) is 27.2 Å². The molecular weight excluding hydrogens is 367 g/mol. The van der Waals surface area contributed by atoms with Crippen LogP contribution in [0.2, 0.25) is 15.1 Å². The molecule has 1 saturated heterocycles. The van der Waals surface area contributed by atoms with Gasteiger partial charge in [0.15, 0.2) is 0 Å². The second kappa shape index (κ2) is 7.75. The largest absolute Gasteiger partial charge is 0.330 e. The molecule has 0 radical (unpaired) electrons. The molecule has 2 aromatic carbocycles. The summed E-state index contributed by atoms with van der Waals surface area (Å²) in [4.78, 5) is 14.9. The SMILES string of the molecule is O=C(c1ccc(Cl)cc1)N(Cc1ccc(Cl)c(Cl)c1)[C@@H]1CCNC1. The first-order valence-electron chi connectivity index (χ1n) is 7.76. The molecule has 1 fully saturated rings. The quantitative estimate of drug-likeness (QED) is 0.833. The highest BCUT2D eigenvalue weighted by Crippen LogP contribution is 2.25. The number of halogens is 3. The third-order valence-corrected chi connectivity index (χ3v) is 5.16. The standard InChI is InChI=1S/C18H17Cl3N2O/c19-14-4-2-13(3-5-14)18(24)23(15-7-8-22-10-15)11-12-1-6-16(20)17(21)9-12/h1-6,9,15,22H,7-8,10-11H2/t15-/m1/s1. The van der Waals surface area contributed by atoms with Crippen LogP contribution in [0.5, 0.6) is 0 Å². The van der Waals surface area contributed by atoms with Crippen molar-refractivity contribution >= 4 is 40.7 Å². The number of nitrogens with one attached hydrogen (secondary N) is 1. The van der Waals surface area contributed by atoms with Gasteiger partial charge >= 0.3 is 0 Å². The second-order valence-corrected chi connectivity index (χ2v) is 7.09. The van der Waals surface area contributed by atoms with E-state index in [0.717, 1.165) is 25.1 Å². The van der Waals surface area contributed by atoms with E-state index in [2.05, 4.69) is 5.32 Å². The molecule has 1 amide bonds. The van der Waals surface area contributed by atoms with Gasteiger partial charge in [-0.1, -0.05) is 40.9 Å². The molecule has 3 rings (SSSR count). The fraction of sp³-hybridized carbons (Fsp3) is 0.278. The summed E-state index contributed by atoms with van der Waals surface area (Å²) in [5, 5.41) is 4.94. The Balaban J connectivity index is 1.86. The molecule has 0 unspecified atom stereocenters. The zero-order valence-electron chi connectivity index (χ0n) is 12.9. The maximum atomic E-state index is 13.0. The molecule has 24 heavy (non-hydrogen) atoms. The summed E-state index contributed by atoms with van der Waals surface area (Å²) in [6.45, 7) is 2.20. The van der Waals surface area contributed by atoms with E-state index in [1.165, 1.54) is 0 Å². The Morgan fingerprint density at radius 1 is 1.08 bits per heavy atom. The lowest BCUT2D eigenvalue weighted by atomic mass is 10.1. The van der Waals surface area contributed by atoms with Crippen molar-refractivity contribution in [3.63, 3.8) is 0 Å². The van der Waals surface area contributed by atoms with Gasteiger partial charge in [0.2, 0.25) is 0 Å². The van der Waals surface area contributed by atoms with E-state index in [9.17, 15) is 4.79 Å². The molecule has 1 atom stereocenters. The molecule has 0 spiro atoms. The van der Waals surface area contributed by atoms with Crippen LogP contribution in [0.1, 0.15) is 22.3 Å². The van der Waals surface area contributed by atoms with Crippen molar-refractivity contribution in [1.82, 2.24) is 10.2 Å². The van der Waals surface area contributed by atoms with Crippen molar-refractivity contribution in [3.8, 4) is 0 Å². The average Bonchev–Trinajstić information content (AvgIpc) is 3.10. The van der Waals surface area contributed by atoms with E-state index < -0.39 is 0 Å². The first-order valence-corrected chi connectivity index (χ1v) is 8.89. The van der Waals surface area contributed by atoms with Gasteiger partial charge in [-0.3, -0.25) is 4.79 Å². The van der Waals surface area contributed by atoms with E-state index in [1.54, 1.807) is 30.3 Å². The Bertz CT molecular complexity index is 728. The number of benzene rings is 2. The lowest BCUT2D eigenvalue weighted by molar-refractivity contribution is 0.0676. The minimum atomic E-state index is -0.00793. The van der Waals surface area contributed by atoms with Crippen molar-refractivity contribution in [2.24, 2.45) is 0 Å². The van der Waals surface area contributed by atoms with E-state index in [4.69, 9.17) is 34.8 Å². The van der Waals surface area contributed by atoms with Crippen LogP contribution < -0.4 is 5.32 Å². The molecule has 6 heteroatoms. The summed E-state index contributed by atoms with van der Waals surface area (Å²) in [5.74, 6) is -0.00793. The average molecular weight is 384 g/mol. The van der Waals surface area contributed by atoms with Gasteiger partial charge in [-0.15, -0.1) is 0 Å². The van der Waals surface area contributed by atoms with Gasteiger partial charge < -0.3 is 10.2 Å². The maximum Gasteiger partial charge on any atom is 0.254 e. The normalized spacial score (nSPS) is 17.0. The molecule has 3 nitrogen and oxygen atoms in total. The van der Waals surface area contributed by atoms with Crippen LogP contribution in [0.4, 0.5) is 0 Å². The molecule has 0 saturated carbocycles. The van der Waals surface area contributed by atoms with Gasteiger partial charge in [0.1, 0.15) is 0 Å². The van der Waals surface area contributed by atoms with Crippen LogP contribution in [0.25, 0.3) is 0 Å². The Morgan fingerprint density at radius 3 is 2.46 bits per heavy atom. The molecule has 0 aliphatic carbocycles. The van der Waals surface area contributed by atoms with Gasteiger partial charge in [0, 0.05) is 29.7 Å². The molecule has 1 heterocycles. The van der Waals surface area contributed by atoms with Crippen LogP contribution in [-0.4, -0.2) is 29.9 Å². The molecule has 1 N–H and O–H groups in total. The minimum absolute atomic E-state index is 0.00793. The third-order valence-electron chi connectivity index (χ3n) is 4.16. The smallest absolute Gasteiger partial charge is 0.254 e. The van der Waals surface area contributed by atoms with Gasteiger partial charge in [-0.2, -0.15) is 0 Å². The maximum absolute atomic E-state index is 13.0. The zero-order chi connectivity index (χ0) is 17.1. The number of nitrogens with zero attached hydrogens (tertiary/aromatic N) is 1. The lowest BCUT2D eigenvalue weighted by Crippen LogP contribution is -2.41. The molecule has 0 aromatic heterocycles. The highest BCUT2D eigenvalue weighted by Gasteiger charge is 2.27. The van der Waals surface area contributed by atoms with E-state index >= 15 is 0 Å². The Hall–Kier alpha value is -1.26. The van der Waals surface area contributed by atoms with E-state index in [-0.39, 0.29) is 11.9 Å². The van der Waals surface area contributed by atoms with Crippen molar-refractivity contribution in [1.29, 1.82) is 0 Å². The molecule has 0 bridgehead atoms. The van der Waals surface area contributed by atoms with Crippen molar-refractivity contribution < 1.29 is 4.79 Å². The number of rotatable bonds is 4. The van der Waals surface area contributed by atoms with Crippen LogP contribution in [0.3, 0.4) is 0 Å². The highest BCUT2D eigenvalue weighted by atomic mass is 35.5. The minimum Gasteiger partial charge on any atom is -0.330 e. The zero-order valence-corrected chi connectivity index (χ0v) is 15.2. The molecule has 126 valence electrons. The van der Waals surface area contributed by atoms with Crippen molar-refractivity contribution in [3.05, 3.63) is 68.7 Å². The summed E-state index contributed by atoms with van der Waals surface area (Å²) < 4.78 is 0. The van der Waals surface area contributed by atoms with Gasteiger partial charge in [-0.25, -0.2) is 0 Å². The molecule has 1 aliphatic heterocycles.